The van der Waals surface area contributed by atoms with E-state index in [2.05, 4.69) is 33.3 Å². The number of allylic oxidation sites excluding steroid dienone is 1. The van der Waals surface area contributed by atoms with Crippen molar-refractivity contribution in [2.24, 2.45) is 17.3 Å². The Morgan fingerprint density at radius 1 is 1.39 bits per heavy atom. The van der Waals surface area contributed by atoms with Crippen LogP contribution in [0.3, 0.4) is 0 Å². The lowest BCUT2D eigenvalue weighted by atomic mass is 10.1. The molecular weight excluding hydrogens is 271 g/mol. The number of quaternary nitrogens is 1. The fourth-order valence-corrected chi connectivity index (χ4v) is 2.66. The van der Waals surface area contributed by atoms with Crippen molar-refractivity contribution in [1.82, 2.24) is 5.32 Å². The average molecular weight is 294 g/mol. The Morgan fingerprint density at radius 3 is 2.50 bits per heavy atom. The molecule has 1 amide bonds. The molecule has 0 heterocycles. The number of amides is 1. The van der Waals surface area contributed by atoms with Gasteiger partial charge in [0.25, 0.3) is 0 Å². The van der Waals surface area contributed by atoms with E-state index >= 15 is 0 Å². The van der Waals surface area contributed by atoms with E-state index < -0.39 is 0 Å². The standard InChI is InChI=1S/C13H22Cl2N2O/c1-13(2)9(8-10(14)15)11(13)12(18)16-6-5-7-17(3)4/h8-9,11H,5-7H2,1-4H3,(H,16,18)/p+1/t9-,11+/m0/s1. The van der Waals surface area contributed by atoms with Gasteiger partial charge in [0.2, 0.25) is 5.91 Å². The third-order valence-corrected chi connectivity index (χ3v) is 3.90. The number of rotatable bonds is 6. The van der Waals surface area contributed by atoms with Crippen LogP contribution in [0.2, 0.25) is 0 Å². The molecule has 1 aliphatic rings. The van der Waals surface area contributed by atoms with E-state index in [4.69, 9.17) is 23.2 Å². The SMILES string of the molecule is C[NH+](C)CCCNC(=O)[C@H]1[C@H](C=C(Cl)Cl)C1(C)C. The van der Waals surface area contributed by atoms with E-state index in [0.29, 0.717) is 0 Å². The highest BCUT2D eigenvalue weighted by atomic mass is 35.5. The fraction of sp³-hybridized carbons (Fsp3) is 0.769. The molecule has 0 saturated heterocycles. The van der Waals surface area contributed by atoms with Gasteiger partial charge in [-0.05, 0) is 17.4 Å². The fourth-order valence-electron chi connectivity index (χ4n) is 2.39. The summed E-state index contributed by atoms with van der Waals surface area (Å²) < 4.78 is 0.250. The number of carbonyl (C=O) groups excluding carboxylic acids is 1. The van der Waals surface area contributed by atoms with Gasteiger partial charge in [0.1, 0.15) is 4.49 Å². The molecule has 3 nitrogen and oxygen atoms in total. The third-order valence-electron chi connectivity index (χ3n) is 3.65. The number of carbonyl (C=O) groups is 1. The highest BCUT2D eigenvalue weighted by Gasteiger charge is 2.60. The van der Waals surface area contributed by atoms with Gasteiger partial charge < -0.3 is 10.2 Å². The quantitative estimate of drug-likeness (QED) is 0.710. The Labute approximate surface area is 120 Å². The smallest absolute Gasteiger partial charge is 0.224 e. The normalized spacial score (nSPS) is 24.8. The number of halogens is 2. The number of hydrogen-bond donors (Lipinski definition) is 2. The van der Waals surface area contributed by atoms with Gasteiger partial charge in [-0.3, -0.25) is 4.79 Å². The molecule has 1 fully saturated rings. The molecule has 104 valence electrons. The maximum absolute atomic E-state index is 12.0. The van der Waals surface area contributed by atoms with Crippen molar-refractivity contribution in [1.29, 1.82) is 0 Å². The molecule has 0 bridgehead atoms. The van der Waals surface area contributed by atoms with E-state index in [1.54, 1.807) is 6.08 Å². The summed E-state index contributed by atoms with van der Waals surface area (Å²) in [6.07, 6.45) is 2.77. The summed E-state index contributed by atoms with van der Waals surface area (Å²) in [5.74, 6) is 0.267. The lowest BCUT2D eigenvalue weighted by molar-refractivity contribution is -0.858. The molecule has 1 aliphatic carbocycles. The van der Waals surface area contributed by atoms with Gasteiger partial charge >= 0.3 is 0 Å². The molecule has 1 rings (SSSR count). The van der Waals surface area contributed by atoms with Crippen molar-refractivity contribution >= 4 is 29.1 Å². The molecule has 2 N–H and O–H groups in total. The maximum Gasteiger partial charge on any atom is 0.224 e. The Balaban J connectivity index is 2.37. The van der Waals surface area contributed by atoms with E-state index in [0.717, 1.165) is 19.5 Å². The predicted molar refractivity (Wildman–Crippen MR) is 75.9 cm³/mol. The van der Waals surface area contributed by atoms with Crippen LogP contribution in [0.25, 0.3) is 0 Å². The molecule has 0 radical (unpaired) electrons. The minimum Gasteiger partial charge on any atom is -0.356 e. The molecule has 2 atom stereocenters. The molecule has 0 aromatic rings. The number of nitrogens with one attached hydrogen (secondary N) is 2. The first-order valence-corrected chi connectivity index (χ1v) is 7.12. The average Bonchev–Trinajstić information content (AvgIpc) is 2.74. The molecule has 1 saturated carbocycles. The van der Waals surface area contributed by atoms with Gasteiger partial charge in [0.05, 0.1) is 26.6 Å². The van der Waals surface area contributed by atoms with Gasteiger partial charge in [-0.25, -0.2) is 0 Å². The highest BCUT2D eigenvalue weighted by molar-refractivity contribution is 6.55. The minimum atomic E-state index is -0.0358. The zero-order valence-corrected chi connectivity index (χ0v) is 13.0. The zero-order valence-electron chi connectivity index (χ0n) is 11.5. The summed E-state index contributed by atoms with van der Waals surface area (Å²) in [7, 11) is 4.21. The summed E-state index contributed by atoms with van der Waals surface area (Å²) in [6, 6.07) is 0. The van der Waals surface area contributed by atoms with Gasteiger partial charge in [0.15, 0.2) is 0 Å². The van der Waals surface area contributed by atoms with Crippen LogP contribution in [0.1, 0.15) is 20.3 Å². The molecule has 0 aromatic heterocycles. The lowest BCUT2D eigenvalue weighted by Crippen LogP contribution is -3.05. The van der Waals surface area contributed by atoms with Crippen LogP contribution in [0, 0.1) is 17.3 Å². The molecule has 0 aliphatic heterocycles. The maximum atomic E-state index is 12.0. The van der Waals surface area contributed by atoms with Crippen LogP contribution >= 0.6 is 23.2 Å². The minimum absolute atomic E-state index is 0.00305. The molecule has 0 unspecified atom stereocenters. The second-order valence-corrected chi connectivity index (χ2v) is 6.89. The van der Waals surface area contributed by atoms with E-state index in [1.807, 2.05) is 0 Å². The second kappa shape index (κ2) is 6.27. The van der Waals surface area contributed by atoms with Crippen molar-refractivity contribution in [2.75, 3.05) is 27.2 Å². The topological polar surface area (TPSA) is 33.5 Å². The summed E-state index contributed by atoms with van der Waals surface area (Å²) in [5, 5.41) is 2.99. The third kappa shape index (κ3) is 4.15. The van der Waals surface area contributed by atoms with Crippen LogP contribution in [0.15, 0.2) is 10.6 Å². The first-order valence-electron chi connectivity index (χ1n) is 6.36. The molecule has 0 aromatic carbocycles. The number of hydrogen-bond acceptors (Lipinski definition) is 1. The monoisotopic (exact) mass is 293 g/mol. The summed E-state index contributed by atoms with van der Waals surface area (Å²) >= 11 is 11.3. The largest absolute Gasteiger partial charge is 0.356 e. The van der Waals surface area contributed by atoms with Gasteiger partial charge in [-0.2, -0.15) is 0 Å². The van der Waals surface area contributed by atoms with Crippen molar-refractivity contribution in [2.45, 2.75) is 20.3 Å². The summed E-state index contributed by atoms with van der Waals surface area (Å²) in [6.45, 7) is 5.94. The molecular formula is C13H23Cl2N2O+. The summed E-state index contributed by atoms with van der Waals surface area (Å²) in [4.78, 5) is 13.4. The predicted octanol–water partition coefficient (Wildman–Crippen LogP) is 1.23. The second-order valence-electron chi connectivity index (χ2n) is 5.88. The Morgan fingerprint density at radius 2 is 2.00 bits per heavy atom. The van der Waals surface area contributed by atoms with Gasteiger partial charge in [-0.15, -0.1) is 0 Å². The molecule has 0 spiro atoms. The van der Waals surface area contributed by atoms with Gasteiger partial charge in [0, 0.05) is 13.0 Å². The first-order chi connectivity index (χ1) is 8.26. The van der Waals surface area contributed by atoms with Crippen molar-refractivity contribution < 1.29 is 9.69 Å². The molecule has 18 heavy (non-hydrogen) atoms. The summed E-state index contributed by atoms with van der Waals surface area (Å²) in [5.41, 5.74) is -0.0358. The van der Waals surface area contributed by atoms with E-state index in [-0.39, 0.29) is 27.6 Å². The zero-order chi connectivity index (χ0) is 13.9. The highest BCUT2D eigenvalue weighted by Crippen LogP contribution is 2.59. The Kier molecular flexibility index (Phi) is 5.50. The van der Waals surface area contributed by atoms with E-state index in [9.17, 15) is 4.79 Å². The van der Waals surface area contributed by atoms with Crippen LogP contribution in [0.5, 0.6) is 0 Å². The van der Waals surface area contributed by atoms with Crippen molar-refractivity contribution in [3.63, 3.8) is 0 Å². The first kappa shape index (κ1) is 15.8. The van der Waals surface area contributed by atoms with Crippen LogP contribution in [-0.4, -0.2) is 33.1 Å². The van der Waals surface area contributed by atoms with Crippen LogP contribution in [-0.2, 0) is 4.79 Å². The Hall–Kier alpha value is -0.250. The van der Waals surface area contributed by atoms with Crippen molar-refractivity contribution in [3.05, 3.63) is 10.6 Å². The van der Waals surface area contributed by atoms with Crippen LogP contribution < -0.4 is 10.2 Å². The van der Waals surface area contributed by atoms with Crippen LogP contribution in [0.4, 0.5) is 0 Å². The van der Waals surface area contributed by atoms with Crippen molar-refractivity contribution in [3.8, 4) is 0 Å². The molecule has 5 heteroatoms. The Bertz CT molecular complexity index is 336. The lowest BCUT2D eigenvalue weighted by Gasteiger charge is -2.08. The van der Waals surface area contributed by atoms with Gasteiger partial charge in [-0.1, -0.05) is 37.0 Å². The van der Waals surface area contributed by atoms with E-state index in [1.165, 1.54) is 4.90 Å².